The normalized spacial score (nSPS) is 17.7. The molecule has 4 aromatic heterocycles. The number of nitrogens with one attached hydrogen (secondary N) is 1. The van der Waals surface area contributed by atoms with Gasteiger partial charge in [-0.25, -0.2) is 23.1 Å². The number of carbonyl (C=O) groups excluding carboxylic acids is 1. The number of aromatic nitrogens is 4. The van der Waals surface area contributed by atoms with Gasteiger partial charge < -0.3 is 9.80 Å². The Balaban J connectivity index is 1.14. The number of pyridine rings is 2. The zero-order valence-electron chi connectivity index (χ0n) is 31.4. The van der Waals surface area contributed by atoms with E-state index in [1.807, 2.05) is 16.5 Å². The van der Waals surface area contributed by atoms with Gasteiger partial charge in [-0.2, -0.15) is 5.26 Å². The molecule has 0 bridgehead atoms. The SMILES string of the molecule is CCN(c1ncc2nc(C)n(CC#Cc3ccc(Cl)cc3-c3ccnc4c(C(=O)NS(C)(=O)=O)csc34)c(=O)c2c1C#N)C1CCN(C2CC(OC(F)(F)F)C2)CC1. The second kappa shape index (κ2) is 16.3. The molecule has 0 spiro atoms. The summed E-state index contributed by atoms with van der Waals surface area (Å²) in [5.74, 6) is 6.16. The Morgan fingerprint density at radius 3 is 2.59 bits per heavy atom. The molecule has 2 aliphatic rings. The van der Waals surface area contributed by atoms with Crippen LogP contribution in [0.2, 0.25) is 5.02 Å². The number of aryl methyl sites for hydroxylation is 1. The largest absolute Gasteiger partial charge is 0.522 e. The van der Waals surface area contributed by atoms with E-state index in [0.717, 1.165) is 6.26 Å². The lowest BCUT2D eigenvalue weighted by Crippen LogP contribution is -2.54. The maximum atomic E-state index is 14.2. The van der Waals surface area contributed by atoms with Crippen LogP contribution in [0.1, 0.15) is 59.9 Å². The van der Waals surface area contributed by atoms with Crippen molar-refractivity contribution in [1.29, 1.82) is 5.26 Å². The quantitative estimate of drug-likeness (QED) is 0.173. The van der Waals surface area contributed by atoms with Crippen LogP contribution in [-0.4, -0.2) is 89.2 Å². The van der Waals surface area contributed by atoms with Crippen molar-refractivity contribution in [3.63, 3.8) is 0 Å². The number of nitriles is 1. The lowest BCUT2D eigenvalue weighted by Gasteiger charge is -2.47. The van der Waals surface area contributed by atoms with Gasteiger partial charge in [-0.05, 0) is 63.8 Å². The van der Waals surface area contributed by atoms with Gasteiger partial charge in [-0.1, -0.05) is 23.4 Å². The highest BCUT2D eigenvalue weighted by Gasteiger charge is 2.43. The molecule has 1 saturated heterocycles. The Kier molecular flexibility index (Phi) is 11.5. The smallest absolute Gasteiger partial charge is 0.353 e. The minimum absolute atomic E-state index is 0.00675. The molecule has 1 N–H and O–H groups in total. The summed E-state index contributed by atoms with van der Waals surface area (Å²) in [4.78, 5) is 44.7. The monoisotopic (exact) mass is 852 g/mol. The third-order valence-electron chi connectivity index (χ3n) is 10.4. The standard InChI is InChI=1S/C39H36ClF3N8O5S2/c1-4-50(25-10-14-49(15-11-25)26-17-27(18-26)56-39(41,42)43)36-30(19-44)33-32(20-46-36)47-22(2)51(38(33)53)13-5-6-23-7-8-24(40)16-29(23)28-9-12-45-34-31(21-57-35(28)34)37(52)48-58(3,54)55/h7-9,12,16,20-21,25-27H,4,10-11,13-15,17-18H2,1-3H3,(H,48,52). The van der Waals surface area contributed by atoms with Crippen molar-refractivity contribution in [3.05, 3.63) is 79.9 Å². The van der Waals surface area contributed by atoms with E-state index in [1.165, 1.54) is 33.7 Å². The number of thiophene rings is 1. The van der Waals surface area contributed by atoms with Gasteiger partial charge >= 0.3 is 6.36 Å². The number of sulfonamides is 1. The lowest BCUT2D eigenvalue weighted by atomic mass is 9.86. The first kappa shape index (κ1) is 41.1. The number of amides is 1. The molecule has 58 heavy (non-hydrogen) atoms. The van der Waals surface area contributed by atoms with Crippen LogP contribution in [0.5, 0.6) is 0 Å². The van der Waals surface area contributed by atoms with Gasteiger partial charge in [0.1, 0.15) is 23.3 Å². The molecule has 7 rings (SSSR count). The third-order valence-corrected chi connectivity index (χ3v) is 12.2. The fourth-order valence-electron chi connectivity index (χ4n) is 7.68. The second-order valence-corrected chi connectivity index (χ2v) is 17.2. The molecule has 0 unspecified atom stereocenters. The molecule has 5 heterocycles. The van der Waals surface area contributed by atoms with Crippen LogP contribution in [0.15, 0.2) is 46.8 Å². The number of fused-ring (bicyclic) bond motifs is 2. The molecule has 1 aliphatic heterocycles. The van der Waals surface area contributed by atoms with E-state index < -0.39 is 34.0 Å². The summed E-state index contributed by atoms with van der Waals surface area (Å²) in [6.07, 6.45) is 0.516. The summed E-state index contributed by atoms with van der Waals surface area (Å²) in [6, 6.07) is 9.11. The fraction of sp³-hybridized carbons (Fsp3) is 0.385. The number of anilines is 1. The molecule has 302 valence electrons. The van der Waals surface area contributed by atoms with Gasteiger partial charge in [-0.15, -0.1) is 24.5 Å². The summed E-state index contributed by atoms with van der Waals surface area (Å²) in [7, 11) is -3.80. The predicted molar refractivity (Wildman–Crippen MR) is 214 cm³/mol. The first-order chi connectivity index (χ1) is 27.5. The zero-order valence-corrected chi connectivity index (χ0v) is 33.8. The van der Waals surface area contributed by atoms with Crippen LogP contribution < -0.4 is 15.2 Å². The Bertz CT molecular complexity index is 2710. The van der Waals surface area contributed by atoms with E-state index in [-0.39, 0.29) is 40.7 Å². The number of alkyl halides is 3. The first-order valence-corrected chi connectivity index (χ1v) is 21.4. The number of benzene rings is 1. The van der Waals surface area contributed by atoms with Crippen molar-refractivity contribution in [2.45, 2.75) is 70.6 Å². The van der Waals surface area contributed by atoms with Crippen LogP contribution >= 0.6 is 22.9 Å². The molecular weight excluding hydrogens is 817 g/mol. The molecule has 0 radical (unpaired) electrons. The van der Waals surface area contributed by atoms with Gasteiger partial charge in [0, 0.05) is 65.0 Å². The van der Waals surface area contributed by atoms with Crippen LogP contribution in [0, 0.1) is 30.1 Å². The Labute approximate surface area is 340 Å². The van der Waals surface area contributed by atoms with Gasteiger partial charge in [0.15, 0.2) is 0 Å². The van der Waals surface area contributed by atoms with Gasteiger partial charge in [-0.3, -0.25) is 23.9 Å². The average molecular weight is 853 g/mol. The Morgan fingerprint density at radius 1 is 1.17 bits per heavy atom. The molecule has 13 nitrogen and oxygen atoms in total. The van der Waals surface area contributed by atoms with Crippen molar-refractivity contribution in [2.75, 3.05) is 30.8 Å². The topological polar surface area (TPSA) is 163 Å². The van der Waals surface area contributed by atoms with Crippen molar-refractivity contribution >= 4 is 65.8 Å². The van der Waals surface area contributed by atoms with Crippen LogP contribution in [0.3, 0.4) is 0 Å². The Morgan fingerprint density at radius 2 is 1.91 bits per heavy atom. The second-order valence-electron chi connectivity index (χ2n) is 14.1. The maximum Gasteiger partial charge on any atom is 0.522 e. The van der Waals surface area contributed by atoms with E-state index in [4.69, 9.17) is 11.6 Å². The van der Waals surface area contributed by atoms with Crippen LogP contribution in [-0.2, 0) is 21.3 Å². The summed E-state index contributed by atoms with van der Waals surface area (Å²) in [6.45, 7) is 5.40. The van der Waals surface area contributed by atoms with Gasteiger partial charge in [0.2, 0.25) is 10.0 Å². The summed E-state index contributed by atoms with van der Waals surface area (Å²) in [5.41, 5.74) is 2.21. The molecule has 2 fully saturated rings. The molecule has 19 heteroatoms. The summed E-state index contributed by atoms with van der Waals surface area (Å²) >= 11 is 7.65. The number of likely N-dealkylation sites (tertiary alicyclic amines) is 1. The molecule has 0 atom stereocenters. The summed E-state index contributed by atoms with van der Waals surface area (Å²) < 4.78 is 69.5. The highest BCUT2D eigenvalue weighted by atomic mass is 35.5. The average Bonchev–Trinajstić information content (AvgIpc) is 3.59. The first-order valence-electron chi connectivity index (χ1n) is 18.3. The Hall–Kier alpha value is -5.11. The zero-order chi connectivity index (χ0) is 41.5. The molecule has 1 saturated carbocycles. The van der Waals surface area contributed by atoms with Crippen LogP contribution in [0.25, 0.3) is 32.2 Å². The van der Waals surface area contributed by atoms with E-state index in [9.17, 15) is 36.4 Å². The molecular formula is C39H36ClF3N8O5S2. The molecule has 1 amide bonds. The van der Waals surface area contributed by atoms with Gasteiger partial charge in [0.25, 0.3) is 11.5 Å². The van der Waals surface area contributed by atoms with E-state index in [1.54, 1.807) is 31.2 Å². The minimum atomic E-state index is -4.64. The van der Waals surface area contributed by atoms with E-state index in [0.29, 0.717) is 88.9 Å². The fourth-order valence-corrected chi connectivity index (χ4v) is 9.33. The predicted octanol–water partition coefficient (Wildman–Crippen LogP) is 6.00. The number of hydrogen-bond donors (Lipinski definition) is 1. The summed E-state index contributed by atoms with van der Waals surface area (Å²) in [5, 5.41) is 12.5. The number of nitrogens with zero attached hydrogens (tertiary/aromatic N) is 7. The minimum Gasteiger partial charge on any atom is -0.353 e. The number of carbonyl (C=O) groups is 1. The highest BCUT2D eigenvalue weighted by molar-refractivity contribution is 7.89. The number of rotatable bonds is 9. The number of ether oxygens (including phenoxy) is 1. The molecule has 1 aliphatic carbocycles. The van der Waals surface area contributed by atoms with Gasteiger partial charge in [0.05, 0.1) is 51.8 Å². The number of halogens is 4. The molecule has 5 aromatic rings. The van der Waals surface area contributed by atoms with Crippen molar-refractivity contribution in [3.8, 4) is 29.0 Å². The lowest BCUT2D eigenvalue weighted by molar-refractivity contribution is -0.354. The highest BCUT2D eigenvalue weighted by Crippen LogP contribution is 2.38. The van der Waals surface area contributed by atoms with Crippen molar-refractivity contribution < 1.29 is 31.1 Å². The van der Waals surface area contributed by atoms with E-state index >= 15 is 0 Å². The molecule has 1 aromatic carbocycles. The van der Waals surface area contributed by atoms with Crippen LogP contribution in [0.4, 0.5) is 19.0 Å². The van der Waals surface area contributed by atoms with Crippen molar-refractivity contribution in [2.24, 2.45) is 0 Å². The maximum absolute atomic E-state index is 14.2. The number of piperidine rings is 1. The number of hydrogen-bond acceptors (Lipinski definition) is 12. The van der Waals surface area contributed by atoms with E-state index in [2.05, 4.69) is 42.5 Å². The third kappa shape index (κ3) is 8.53. The van der Waals surface area contributed by atoms with Crippen molar-refractivity contribution in [1.82, 2.24) is 29.1 Å².